The Hall–Kier alpha value is -1.66. The molecule has 0 aromatic heterocycles. The number of nitrogens with zero attached hydrogens (tertiary/aromatic N) is 2. The van der Waals surface area contributed by atoms with Crippen LogP contribution in [0.15, 0.2) is 24.3 Å². The minimum Gasteiger partial charge on any atom is -0.341 e. The number of nitro benzene ring substituents is 1. The number of halogens is 1. The molecule has 0 spiro atoms. The lowest BCUT2D eigenvalue weighted by molar-refractivity contribution is -0.385. The lowest BCUT2D eigenvalue weighted by Crippen LogP contribution is -2.34. The van der Waals surface area contributed by atoms with Gasteiger partial charge >= 0.3 is 0 Å². The minimum absolute atomic E-state index is 0. The van der Waals surface area contributed by atoms with Crippen molar-refractivity contribution in [2.24, 2.45) is 11.7 Å². The van der Waals surface area contributed by atoms with Crippen molar-refractivity contribution >= 4 is 24.0 Å². The predicted molar refractivity (Wildman–Crippen MR) is 84.7 cm³/mol. The molecular formula is C14H22ClN3O3. The second kappa shape index (κ2) is 8.59. The Morgan fingerprint density at radius 1 is 1.38 bits per heavy atom. The maximum Gasteiger partial charge on any atom is 0.282 e. The normalized spacial score (nSPS) is 11.7. The van der Waals surface area contributed by atoms with Gasteiger partial charge in [0, 0.05) is 25.7 Å². The summed E-state index contributed by atoms with van der Waals surface area (Å²) >= 11 is 0. The number of hydrogen-bond donors (Lipinski definition) is 1. The van der Waals surface area contributed by atoms with Gasteiger partial charge in [0.25, 0.3) is 11.6 Å². The first-order valence-electron chi connectivity index (χ1n) is 6.59. The van der Waals surface area contributed by atoms with Gasteiger partial charge < -0.3 is 10.6 Å². The molecule has 21 heavy (non-hydrogen) atoms. The third-order valence-corrected chi connectivity index (χ3v) is 3.33. The summed E-state index contributed by atoms with van der Waals surface area (Å²) in [6, 6.07) is 5.98. The van der Waals surface area contributed by atoms with Crippen LogP contribution in [0.25, 0.3) is 0 Å². The van der Waals surface area contributed by atoms with Crippen LogP contribution in [0.1, 0.15) is 30.6 Å². The van der Waals surface area contributed by atoms with Crippen molar-refractivity contribution < 1.29 is 9.72 Å². The Kier molecular flexibility index (Phi) is 7.91. The maximum atomic E-state index is 12.2. The molecule has 0 bridgehead atoms. The van der Waals surface area contributed by atoms with Crippen LogP contribution in [0.2, 0.25) is 0 Å². The standard InChI is InChI=1S/C14H21N3O3.ClH/c1-10(2)12(15)8-9-16(3)14(18)11-6-4-5-7-13(11)17(19)20;/h4-7,10,12H,8-9,15H2,1-3H3;1H. The highest BCUT2D eigenvalue weighted by Gasteiger charge is 2.22. The van der Waals surface area contributed by atoms with E-state index >= 15 is 0 Å². The van der Waals surface area contributed by atoms with E-state index in [1.165, 1.54) is 17.0 Å². The Bertz CT molecular complexity index is 494. The summed E-state index contributed by atoms with van der Waals surface area (Å²) in [5.41, 5.74) is 5.88. The number of hydrogen-bond acceptors (Lipinski definition) is 4. The smallest absolute Gasteiger partial charge is 0.282 e. The van der Waals surface area contributed by atoms with E-state index in [2.05, 4.69) is 0 Å². The van der Waals surface area contributed by atoms with Gasteiger partial charge in [-0.2, -0.15) is 0 Å². The van der Waals surface area contributed by atoms with Crippen LogP contribution in [-0.2, 0) is 0 Å². The second-order valence-corrected chi connectivity index (χ2v) is 5.20. The van der Waals surface area contributed by atoms with Gasteiger partial charge in [0.1, 0.15) is 5.56 Å². The van der Waals surface area contributed by atoms with Crippen molar-refractivity contribution in [3.63, 3.8) is 0 Å². The third-order valence-electron chi connectivity index (χ3n) is 3.33. The average Bonchev–Trinajstić information content (AvgIpc) is 2.43. The topological polar surface area (TPSA) is 89.5 Å². The lowest BCUT2D eigenvalue weighted by atomic mass is 10.0. The molecule has 0 aliphatic rings. The molecule has 1 unspecified atom stereocenters. The molecule has 1 amide bonds. The molecule has 1 aromatic rings. The van der Waals surface area contributed by atoms with Gasteiger partial charge in [0.2, 0.25) is 0 Å². The van der Waals surface area contributed by atoms with Gasteiger partial charge in [-0.15, -0.1) is 12.4 Å². The van der Waals surface area contributed by atoms with Gasteiger partial charge in [-0.3, -0.25) is 14.9 Å². The number of rotatable bonds is 6. The fraction of sp³-hybridized carbons (Fsp3) is 0.500. The Labute approximate surface area is 130 Å². The molecule has 1 atom stereocenters. The molecule has 1 rings (SSSR count). The monoisotopic (exact) mass is 315 g/mol. The number of amides is 1. The van der Waals surface area contributed by atoms with Crippen molar-refractivity contribution in [2.75, 3.05) is 13.6 Å². The maximum absolute atomic E-state index is 12.2. The van der Waals surface area contributed by atoms with Crippen LogP contribution in [0.5, 0.6) is 0 Å². The van der Waals surface area contributed by atoms with E-state index in [1.807, 2.05) is 13.8 Å². The number of carbonyl (C=O) groups is 1. The third kappa shape index (κ3) is 5.32. The lowest BCUT2D eigenvalue weighted by Gasteiger charge is -2.21. The highest BCUT2D eigenvalue weighted by Crippen LogP contribution is 2.19. The predicted octanol–water partition coefficient (Wildman–Crippen LogP) is 2.46. The van der Waals surface area contributed by atoms with E-state index in [1.54, 1.807) is 19.2 Å². The van der Waals surface area contributed by atoms with Crippen molar-refractivity contribution in [3.05, 3.63) is 39.9 Å². The molecule has 0 fully saturated rings. The Balaban J connectivity index is 0.00000400. The van der Waals surface area contributed by atoms with Crippen molar-refractivity contribution in [1.82, 2.24) is 4.90 Å². The zero-order chi connectivity index (χ0) is 15.3. The summed E-state index contributed by atoms with van der Waals surface area (Å²) < 4.78 is 0. The number of para-hydroxylation sites is 1. The number of nitro groups is 1. The Morgan fingerprint density at radius 2 is 1.95 bits per heavy atom. The molecule has 118 valence electrons. The van der Waals surface area contributed by atoms with Crippen LogP contribution in [-0.4, -0.2) is 35.4 Å². The van der Waals surface area contributed by atoms with E-state index in [0.29, 0.717) is 18.9 Å². The molecule has 7 heteroatoms. The van der Waals surface area contributed by atoms with Gasteiger partial charge in [0.05, 0.1) is 4.92 Å². The summed E-state index contributed by atoms with van der Waals surface area (Å²) in [5.74, 6) is -0.0159. The van der Waals surface area contributed by atoms with E-state index in [0.717, 1.165) is 0 Å². The first kappa shape index (κ1) is 19.3. The van der Waals surface area contributed by atoms with Crippen LogP contribution in [0.4, 0.5) is 5.69 Å². The Morgan fingerprint density at radius 3 is 2.48 bits per heavy atom. The van der Waals surface area contributed by atoms with Gasteiger partial charge in [0.15, 0.2) is 0 Å². The van der Waals surface area contributed by atoms with Gasteiger partial charge in [-0.05, 0) is 18.4 Å². The van der Waals surface area contributed by atoms with Crippen molar-refractivity contribution in [1.29, 1.82) is 0 Å². The molecule has 0 saturated heterocycles. The summed E-state index contributed by atoms with van der Waals surface area (Å²) in [7, 11) is 1.63. The van der Waals surface area contributed by atoms with E-state index < -0.39 is 4.92 Å². The minimum atomic E-state index is -0.541. The fourth-order valence-corrected chi connectivity index (χ4v) is 1.80. The van der Waals surface area contributed by atoms with Gasteiger partial charge in [-0.25, -0.2) is 0 Å². The summed E-state index contributed by atoms with van der Waals surface area (Å²) in [4.78, 5) is 24.1. The molecule has 0 heterocycles. The van der Waals surface area contributed by atoms with Crippen LogP contribution >= 0.6 is 12.4 Å². The first-order chi connectivity index (χ1) is 9.34. The first-order valence-corrected chi connectivity index (χ1v) is 6.59. The molecule has 6 nitrogen and oxygen atoms in total. The number of benzene rings is 1. The summed E-state index contributed by atoms with van der Waals surface area (Å²) in [6.45, 7) is 4.52. The highest BCUT2D eigenvalue weighted by atomic mass is 35.5. The van der Waals surface area contributed by atoms with Crippen LogP contribution < -0.4 is 5.73 Å². The fourth-order valence-electron chi connectivity index (χ4n) is 1.80. The van der Waals surface area contributed by atoms with Crippen molar-refractivity contribution in [2.45, 2.75) is 26.3 Å². The highest BCUT2D eigenvalue weighted by molar-refractivity contribution is 5.97. The second-order valence-electron chi connectivity index (χ2n) is 5.20. The zero-order valence-corrected chi connectivity index (χ0v) is 13.3. The molecule has 0 aliphatic carbocycles. The molecular weight excluding hydrogens is 294 g/mol. The SMILES string of the molecule is CC(C)C(N)CCN(C)C(=O)c1ccccc1[N+](=O)[O-].Cl. The summed E-state index contributed by atoms with van der Waals surface area (Å²) in [5, 5.41) is 10.9. The quantitative estimate of drug-likeness (QED) is 0.645. The molecule has 0 aliphatic heterocycles. The molecule has 2 N–H and O–H groups in total. The largest absolute Gasteiger partial charge is 0.341 e. The molecule has 1 aromatic carbocycles. The van der Waals surface area contributed by atoms with E-state index in [9.17, 15) is 14.9 Å². The van der Waals surface area contributed by atoms with E-state index in [-0.39, 0.29) is 35.6 Å². The number of nitrogens with two attached hydrogens (primary N) is 1. The van der Waals surface area contributed by atoms with Crippen molar-refractivity contribution in [3.8, 4) is 0 Å². The molecule has 0 radical (unpaired) electrons. The zero-order valence-electron chi connectivity index (χ0n) is 12.5. The van der Waals surface area contributed by atoms with Gasteiger partial charge in [-0.1, -0.05) is 26.0 Å². The van der Waals surface area contributed by atoms with Crippen LogP contribution in [0.3, 0.4) is 0 Å². The molecule has 0 saturated carbocycles. The van der Waals surface area contributed by atoms with Crippen LogP contribution in [0, 0.1) is 16.0 Å². The summed E-state index contributed by atoms with van der Waals surface area (Å²) in [6.07, 6.45) is 0.667. The number of carbonyl (C=O) groups excluding carboxylic acids is 1. The average molecular weight is 316 g/mol. The van der Waals surface area contributed by atoms with E-state index in [4.69, 9.17) is 5.73 Å².